The zero-order chi connectivity index (χ0) is 19.5. The Balaban J connectivity index is 1.43. The molecule has 4 rings (SSSR count). The molecule has 1 unspecified atom stereocenters. The zero-order valence-electron chi connectivity index (χ0n) is 16.2. The highest BCUT2D eigenvalue weighted by atomic mass is 32.1. The van der Waals surface area contributed by atoms with Crippen LogP contribution in [-0.2, 0) is 6.54 Å². The van der Waals surface area contributed by atoms with E-state index in [1.54, 1.807) is 11.3 Å². The first kappa shape index (κ1) is 18.8. The van der Waals surface area contributed by atoms with Crippen LogP contribution in [0.25, 0.3) is 0 Å². The molecule has 2 N–H and O–H groups in total. The van der Waals surface area contributed by atoms with Crippen LogP contribution in [0.15, 0.2) is 47.2 Å². The van der Waals surface area contributed by atoms with Crippen LogP contribution in [0.1, 0.15) is 39.0 Å². The average molecular weight is 396 g/mol. The van der Waals surface area contributed by atoms with Gasteiger partial charge in [0.05, 0.1) is 0 Å². The molecule has 1 aromatic carbocycles. The number of nitrogens with zero attached hydrogens (tertiary/aromatic N) is 1. The van der Waals surface area contributed by atoms with E-state index in [-0.39, 0.29) is 12.0 Å². The summed E-state index contributed by atoms with van der Waals surface area (Å²) in [6.07, 6.45) is -0.00102. The number of hydrogen-bond acceptors (Lipinski definition) is 4. The first-order valence-corrected chi connectivity index (χ1v) is 10.5. The highest BCUT2D eigenvalue weighted by molar-refractivity contribution is 7.07. The Morgan fingerprint density at radius 2 is 2.18 bits per heavy atom. The number of para-hydroxylation sites is 1. The van der Waals surface area contributed by atoms with E-state index in [0.29, 0.717) is 12.2 Å². The van der Waals surface area contributed by atoms with Crippen LogP contribution in [0.4, 0.5) is 0 Å². The van der Waals surface area contributed by atoms with Crippen molar-refractivity contribution in [1.82, 2.24) is 15.2 Å². The monoisotopic (exact) mass is 395 g/mol. The van der Waals surface area contributed by atoms with E-state index in [2.05, 4.69) is 38.1 Å². The summed E-state index contributed by atoms with van der Waals surface area (Å²) >= 11 is 1.69. The summed E-state index contributed by atoms with van der Waals surface area (Å²) in [5.41, 5.74) is 5.01. The third kappa shape index (κ3) is 4.13. The van der Waals surface area contributed by atoms with Gasteiger partial charge < -0.3 is 15.0 Å². The van der Waals surface area contributed by atoms with Crippen LogP contribution in [0.3, 0.4) is 0 Å². The minimum Gasteiger partial charge on any atom is -0.484 e. The fourth-order valence-corrected chi connectivity index (χ4v) is 4.36. The molecule has 5 nitrogen and oxygen atoms in total. The van der Waals surface area contributed by atoms with Crippen LogP contribution in [0.5, 0.6) is 5.75 Å². The Bertz CT molecular complexity index is 949. The molecule has 0 saturated carbocycles. The molecular weight excluding hydrogens is 370 g/mol. The van der Waals surface area contributed by atoms with E-state index in [1.807, 2.05) is 38.1 Å². The standard InChI is InChI=1S/C22H25N3O2S/c1-15-11-16(2)24-21(15)22(26)23-8-9-25-12-17-5-3-4-6-19(17)27-20(13-25)18-7-10-28-14-18/h3-7,10-11,14,20,24H,8-9,12-13H2,1-2H3,(H,23,26). The van der Waals surface area contributed by atoms with Crippen molar-refractivity contribution < 1.29 is 9.53 Å². The fourth-order valence-electron chi connectivity index (χ4n) is 3.66. The predicted molar refractivity (Wildman–Crippen MR) is 112 cm³/mol. The van der Waals surface area contributed by atoms with Gasteiger partial charge in [0.25, 0.3) is 5.91 Å². The molecule has 0 spiro atoms. The number of aromatic nitrogens is 1. The molecule has 1 atom stereocenters. The van der Waals surface area contributed by atoms with Crippen molar-refractivity contribution in [3.05, 3.63) is 75.2 Å². The van der Waals surface area contributed by atoms with Gasteiger partial charge in [-0.25, -0.2) is 0 Å². The third-order valence-electron chi connectivity index (χ3n) is 5.06. The summed E-state index contributed by atoms with van der Waals surface area (Å²) < 4.78 is 6.32. The second-order valence-electron chi connectivity index (χ2n) is 7.27. The molecule has 1 amide bonds. The summed E-state index contributed by atoms with van der Waals surface area (Å²) in [6.45, 7) is 6.88. The van der Waals surface area contributed by atoms with Gasteiger partial charge in [-0.05, 0) is 48.4 Å². The van der Waals surface area contributed by atoms with Crippen molar-refractivity contribution >= 4 is 17.2 Å². The number of rotatable bonds is 5. The second kappa shape index (κ2) is 8.20. The number of thiophene rings is 1. The highest BCUT2D eigenvalue weighted by Crippen LogP contribution is 2.31. The number of amides is 1. The van der Waals surface area contributed by atoms with E-state index >= 15 is 0 Å². The number of aryl methyl sites for hydroxylation is 2. The maximum atomic E-state index is 12.5. The summed E-state index contributed by atoms with van der Waals surface area (Å²) in [6, 6.07) is 12.3. The smallest absolute Gasteiger partial charge is 0.268 e. The number of carbonyl (C=O) groups excluding carboxylic acids is 1. The zero-order valence-corrected chi connectivity index (χ0v) is 17.0. The van der Waals surface area contributed by atoms with Gasteiger partial charge in [0.1, 0.15) is 17.5 Å². The molecule has 2 aromatic heterocycles. The van der Waals surface area contributed by atoms with Gasteiger partial charge in [-0.2, -0.15) is 11.3 Å². The number of aromatic amines is 1. The number of hydrogen-bond donors (Lipinski definition) is 2. The lowest BCUT2D eigenvalue weighted by Crippen LogP contribution is -2.36. The maximum absolute atomic E-state index is 12.5. The summed E-state index contributed by atoms with van der Waals surface area (Å²) in [4.78, 5) is 17.9. The molecule has 6 heteroatoms. The molecule has 3 aromatic rings. The Kier molecular flexibility index (Phi) is 5.50. The van der Waals surface area contributed by atoms with Gasteiger partial charge in [0.15, 0.2) is 0 Å². The largest absolute Gasteiger partial charge is 0.484 e. The number of carbonyl (C=O) groups is 1. The van der Waals surface area contributed by atoms with Crippen LogP contribution < -0.4 is 10.1 Å². The van der Waals surface area contributed by atoms with Gasteiger partial charge >= 0.3 is 0 Å². The maximum Gasteiger partial charge on any atom is 0.268 e. The predicted octanol–water partition coefficient (Wildman–Crippen LogP) is 4.06. The molecule has 28 heavy (non-hydrogen) atoms. The fraction of sp³-hybridized carbons (Fsp3) is 0.318. The Hall–Kier alpha value is -2.57. The lowest BCUT2D eigenvalue weighted by atomic mass is 10.2. The molecule has 0 fully saturated rings. The lowest BCUT2D eigenvalue weighted by molar-refractivity contribution is 0.0938. The number of benzene rings is 1. The third-order valence-corrected chi connectivity index (χ3v) is 5.77. The van der Waals surface area contributed by atoms with Gasteiger partial charge in [-0.3, -0.25) is 9.69 Å². The van der Waals surface area contributed by atoms with Crippen molar-refractivity contribution in [3.63, 3.8) is 0 Å². The Morgan fingerprint density at radius 3 is 2.93 bits per heavy atom. The van der Waals surface area contributed by atoms with Crippen molar-refractivity contribution in [2.24, 2.45) is 0 Å². The van der Waals surface area contributed by atoms with Gasteiger partial charge in [0.2, 0.25) is 0 Å². The normalized spacial score (nSPS) is 16.9. The molecule has 0 aliphatic carbocycles. The minimum absolute atomic E-state index is 0.00102. The average Bonchev–Trinajstić information content (AvgIpc) is 3.27. The number of ether oxygens (including phenoxy) is 1. The van der Waals surface area contributed by atoms with Gasteiger partial charge in [-0.1, -0.05) is 18.2 Å². The first-order valence-electron chi connectivity index (χ1n) is 9.53. The van der Waals surface area contributed by atoms with Crippen LogP contribution in [0, 0.1) is 13.8 Å². The molecule has 1 aliphatic heterocycles. The summed E-state index contributed by atoms with van der Waals surface area (Å²) in [7, 11) is 0. The quantitative estimate of drug-likeness (QED) is 0.685. The van der Waals surface area contributed by atoms with E-state index in [4.69, 9.17) is 4.74 Å². The van der Waals surface area contributed by atoms with Crippen molar-refractivity contribution in [1.29, 1.82) is 0 Å². The summed E-state index contributed by atoms with van der Waals surface area (Å²) in [5, 5.41) is 7.28. The van der Waals surface area contributed by atoms with E-state index in [9.17, 15) is 4.79 Å². The minimum atomic E-state index is -0.0496. The van der Waals surface area contributed by atoms with Crippen molar-refractivity contribution in [2.75, 3.05) is 19.6 Å². The summed E-state index contributed by atoms with van der Waals surface area (Å²) in [5.74, 6) is 0.897. The highest BCUT2D eigenvalue weighted by Gasteiger charge is 2.24. The molecule has 0 saturated heterocycles. The van der Waals surface area contributed by atoms with Crippen LogP contribution in [0.2, 0.25) is 0 Å². The molecule has 146 valence electrons. The van der Waals surface area contributed by atoms with Gasteiger partial charge in [-0.15, -0.1) is 0 Å². The van der Waals surface area contributed by atoms with E-state index in [0.717, 1.165) is 36.6 Å². The van der Waals surface area contributed by atoms with Gasteiger partial charge in [0, 0.05) is 43.0 Å². The topological polar surface area (TPSA) is 57.4 Å². The van der Waals surface area contributed by atoms with E-state index in [1.165, 1.54) is 11.1 Å². The molecular formula is C22H25N3O2S. The lowest BCUT2D eigenvalue weighted by Gasteiger charge is -2.23. The number of H-pyrrole nitrogens is 1. The van der Waals surface area contributed by atoms with Crippen molar-refractivity contribution in [3.8, 4) is 5.75 Å². The van der Waals surface area contributed by atoms with Crippen LogP contribution >= 0.6 is 11.3 Å². The number of fused-ring (bicyclic) bond motifs is 1. The van der Waals surface area contributed by atoms with Crippen LogP contribution in [-0.4, -0.2) is 35.4 Å². The second-order valence-corrected chi connectivity index (χ2v) is 8.05. The molecule has 0 bridgehead atoms. The Labute approximate surface area is 169 Å². The molecule has 3 heterocycles. The Morgan fingerprint density at radius 1 is 1.32 bits per heavy atom. The van der Waals surface area contributed by atoms with Crippen molar-refractivity contribution in [2.45, 2.75) is 26.5 Å². The molecule has 0 radical (unpaired) electrons. The van der Waals surface area contributed by atoms with E-state index < -0.39 is 0 Å². The SMILES string of the molecule is Cc1cc(C)c(C(=O)NCCN2Cc3ccccc3OC(c3ccsc3)C2)[nH]1. The first-order chi connectivity index (χ1) is 13.6. The molecule has 1 aliphatic rings. The number of nitrogens with one attached hydrogen (secondary N) is 2.